The minimum Gasteiger partial charge on any atom is -0.382 e. The van der Waals surface area contributed by atoms with Crippen LogP contribution in [0.3, 0.4) is 0 Å². The normalized spacial score (nSPS) is 15.2. The first kappa shape index (κ1) is 13.1. The van der Waals surface area contributed by atoms with Crippen LogP contribution in [0.15, 0.2) is 18.2 Å². The molecule has 0 saturated heterocycles. The van der Waals surface area contributed by atoms with Crippen LogP contribution in [0.2, 0.25) is 0 Å². The predicted octanol–water partition coefficient (Wildman–Crippen LogP) is 2.62. The zero-order valence-corrected chi connectivity index (χ0v) is 10.2. The molecule has 0 heterocycles. The van der Waals surface area contributed by atoms with E-state index in [-0.39, 0.29) is 18.3 Å². The zero-order chi connectivity index (χ0) is 12.3. The molecule has 0 aliphatic rings. The molecule has 0 bridgehead atoms. The fraction of sp³-hybridized carbons (Fsp3) is 0.538. The van der Waals surface area contributed by atoms with Crippen molar-refractivity contribution in [1.82, 2.24) is 0 Å². The van der Waals surface area contributed by atoms with Gasteiger partial charge < -0.3 is 9.84 Å². The summed E-state index contributed by atoms with van der Waals surface area (Å²) in [6.07, 6.45) is 0. The largest absolute Gasteiger partial charge is 0.382 e. The van der Waals surface area contributed by atoms with E-state index in [1.54, 1.807) is 20.1 Å². The number of methoxy groups -OCH3 is 1. The summed E-state index contributed by atoms with van der Waals surface area (Å²) in [5.41, 5.74) is 0.408. The molecular weight excluding hydrogens is 207 g/mol. The average Bonchev–Trinajstić information content (AvgIpc) is 2.17. The molecule has 1 atom stereocenters. The molecule has 0 saturated carbocycles. The molecule has 3 heteroatoms. The van der Waals surface area contributed by atoms with Crippen molar-refractivity contribution >= 4 is 0 Å². The number of hydrogen-bond donors (Lipinski definition) is 1. The van der Waals surface area contributed by atoms with Crippen LogP contribution in [-0.2, 0) is 10.3 Å². The summed E-state index contributed by atoms with van der Waals surface area (Å²) in [5, 5.41) is 10.6. The Balaban J connectivity index is 3.21. The Morgan fingerprint density at radius 2 is 2.06 bits per heavy atom. The van der Waals surface area contributed by atoms with Crippen LogP contribution in [0, 0.1) is 18.7 Å². The smallest absolute Gasteiger partial charge is 0.123 e. The van der Waals surface area contributed by atoms with Crippen LogP contribution in [0.25, 0.3) is 0 Å². The second-order valence-electron chi connectivity index (χ2n) is 4.47. The van der Waals surface area contributed by atoms with Crippen LogP contribution in [0.1, 0.15) is 25.0 Å². The van der Waals surface area contributed by atoms with E-state index in [4.69, 9.17) is 4.74 Å². The third kappa shape index (κ3) is 2.42. The van der Waals surface area contributed by atoms with E-state index in [0.29, 0.717) is 0 Å². The lowest BCUT2D eigenvalue weighted by Crippen LogP contribution is -2.37. The second kappa shape index (κ2) is 4.93. The highest BCUT2D eigenvalue weighted by Crippen LogP contribution is 2.32. The minimum absolute atomic E-state index is 0.00314. The molecule has 0 aliphatic carbocycles. The van der Waals surface area contributed by atoms with E-state index in [0.717, 1.165) is 11.1 Å². The molecule has 90 valence electrons. The topological polar surface area (TPSA) is 29.5 Å². The third-order valence-corrected chi connectivity index (χ3v) is 2.97. The molecule has 2 nitrogen and oxygen atoms in total. The van der Waals surface area contributed by atoms with Crippen molar-refractivity contribution < 1.29 is 14.2 Å². The Labute approximate surface area is 96.1 Å². The van der Waals surface area contributed by atoms with Crippen molar-refractivity contribution in [2.24, 2.45) is 5.92 Å². The molecule has 0 fully saturated rings. The van der Waals surface area contributed by atoms with Gasteiger partial charge in [-0.15, -0.1) is 0 Å². The highest BCUT2D eigenvalue weighted by molar-refractivity contribution is 5.32. The first-order chi connectivity index (χ1) is 7.41. The summed E-state index contributed by atoms with van der Waals surface area (Å²) < 4.78 is 18.1. The number of aliphatic hydroxyl groups is 1. The lowest BCUT2D eigenvalue weighted by atomic mass is 9.82. The number of rotatable bonds is 4. The van der Waals surface area contributed by atoms with Crippen LogP contribution in [0.5, 0.6) is 0 Å². The molecule has 16 heavy (non-hydrogen) atoms. The second-order valence-corrected chi connectivity index (χ2v) is 4.47. The Bertz CT molecular complexity index is 363. The molecule has 1 N–H and O–H groups in total. The molecule has 1 unspecified atom stereocenters. The number of ether oxygens (including phenoxy) is 1. The van der Waals surface area contributed by atoms with E-state index in [2.05, 4.69) is 0 Å². The van der Waals surface area contributed by atoms with Crippen LogP contribution in [-0.4, -0.2) is 18.8 Å². The maximum Gasteiger partial charge on any atom is 0.123 e. The summed E-state index contributed by atoms with van der Waals surface area (Å²) >= 11 is 0. The van der Waals surface area contributed by atoms with Gasteiger partial charge in [0.2, 0.25) is 0 Å². The van der Waals surface area contributed by atoms with E-state index < -0.39 is 5.60 Å². The molecule has 1 rings (SSSR count). The maximum atomic E-state index is 13.0. The van der Waals surface area contributed by atoms with Gasteiger partial charge in [0.25, 0.3) is 0 Å². The van der Waals surface area contributed by atoms with E-state index in [9.17, 15) is 9.50 Å². The molecule has 1 aromatic rings. The monoisotopic (exact) mass is 226 g/mol. The molecular formula is C13H19FO2. The van der Waals surface area contributed by atoms with Gasteiger partial charge in [0.05, 0.1) is 6.61 Å². The summed E-state index contributed by atoms with van der Waals surface area (Å²) in [5.74, 6) is -0.290. The fourth-order valence-corrected chi connectivity index (χ4v) is 1.89. The summed E-state index contributed by atoms with van der Waals surface area (Å²) in [6, 6.07) is 4.42. The number of hydrogen-bond acceptors (Lipinski definition) is 2. The van der Waals surface area contributed by atoms with Gasteiger partial charge >= 0.3 is 0 Å². The van der Waals surface area contributed by atoms with Gasteiger partial charge in [-0.3, -0.25) is 0 Å². The molecule has 0 amide bonds. The van der Waals surface area contributed by atoms with E-state index in [1.165, 1.54) is 12.1 Å². The van der Waals surface area contributed by atoms with Gasteiger partial charge in [0.1, 0.15) is 11.4 Å². The molecule has 1 aromatic carbocycles. The Morgan fingerprint density at radius 3 is 2.50 bits per heavy atom. The van der Waals surface area contributed by atoms with Gasteiger partial charge in [-0.1, -0.05) is 19.9 Å². The molecule has 0 aliphatic heterocycles. The predicted molar refractivity (Wildman–Crippen MR) is 61.7 cm³/mol. The Hall–Kier alpha value is -0.930. The van der Waals surface area contributed by atoms with Gasteiger partial charge in [0, 0.05) is 7.11 Å². The number of benzene rings is 1. The number of aryl methyl sites for hydroxylation is 1. The zero-order valence-electron chi connectivity index (χ0n) is 10.2. The van der Waals surface area contributed by atoms with Crippen molar-refractivity contribution in [3.63, 3.8) is 0 Å². The average molecular weight is 226 g/mol. The maximum absolute atomic E-state index is 13.0. The van der Waals surface area contributed by atoms with Gasteiger partial charge in [0.15, 0.2) is 0 Å². The fourth-order valence-electron chi connectivity index (χ4n) is 1.89. The quantitative estimate of drug-likeness (QED) is 0.855. The van der Waals surface area contributed by atoms with Gasteiger partial charge in [-0.25, -0.2) is 4.39 Å². The summed E-state index contributed by atoms with van der Waals surface area (Å²) in [6.45, 7) is 5.84. The number of halogens is 1. The SMILES string of the molecule is COCC(O)(c1ccc(F)cc1C)C(C)C. The minimum atomic E-state index is -1.06. The molecule has 0 aromatic heterocycles. The van der Waals surface area contributed by atoms with Crippen molar-refractivity contribution in [2.45, 2.75) is 26.4 Å². The van der Waals surface area contributed by atoms with Crippen LogP contribution in [0.4, 0.5) is 4.39 Å². The van der Waals surface area contributed by atoms with Crippen LogP contribution < -0.4 is 0 Å². The van der Waals surface area contributed by atoms with Crippen molar-refractivity contribution in [3.8, 4) is 0 Å². The van der Waals surface area contributed by atoms with Crippen molar-refractivity contribution in [3.05, 3.63) is 35.1 Å². The van der Waals surface area contributed by atoms with Crippen molar-refractivity contribution in [1.29, 1.82) is 0 Å². The van der Waals surface area contributed by atoms with Gasteiger partial charge in [-0.05, 0) is 36.1 Å². The highest BCUT2D eigenvalue weighted by Gasteiger charge is 2.34. The first-order valence-corrected chi connectivity index (χ1v) is 5.39. The van der Waals surface area contributed by atoms with E-state index >= 15 is 0 Å². The highest BCUT2D eigenvalue weighted by atomic mass is 19.1. The Kier molecular flexibility index (Phi) is 4.05. The standard InChI is InChI=1S/C13H19FO2/c1-9(2)13(15,8-16-4)12-6-5-11(14)7-10(12)3/h5-7,9,15H,8H2,1-4H3. The van der Waals surface area contributed by atoms with Gasteiger partial charge in [-0.2, -0.15) is 0 Å². The van der Waals surface area contributed by atoms with Crippen molar-refractivity contribution in [2.75, 3.05) is 13.7 Å². The Morgan fingerprint density at radius 1 is 1.44 bits per heavy atom. The summed E-state index contributed by atoms with van der Waals surface area (Å²) in [7, 11) is 1.55. The van der Waals surface area contributed by atoms with E-state index in [1.807, 2.05) is 13.8 Å². The molecule has 0 spiro atoms. The first-order valence-electron chi connectivity index (χ1n) is 5.39. The lowest BCUT2D eigenvalue weighted by Gasteiger charge is -2.33. The lowest BCUT2D eigenvalue weighted by molar-refractivity contribution is -0.0704. The molecule has 0 radical (unpaired) electrons. The van der Waals surface area contributed by atoms with Crippen LogP contribution >= 0.6 is 0 Å². The third-order valence-electron chi connectivity index (χ3n) is 2.97. The summed E-state index contributed by atoms with van der Waals surface area (Å²) in [4.78, 5) is 0.